The number of benzene rings is 1. The number of pyridine rings is 1. The molecule has 0 radical (unpaired) electrons. The van der Waals surface area contributed by atoms with Crippen LogP contribution < -0.4 is 15.1 Å². The fourth-order valence-electron chi connectivity index (χ4n) is 5.45. The summed E-state index contributed by atoms with van der Waals surface area (Å²) in [4.78, 5) is 18.4. The van der Waals surface area contributed by atoms with Crippen LogP contribution in [0, 0.1) is 5.92 Å². The molecule has 0 aliphatic carbocycles. The van der Waals surface area contributed by atoms with E-state index in [0.717, 1.165) is 53.0 Å². The van der Waals surface area contributed by atoms with Crippen LogP contribution in [-0.2, 0) is 9.84 Å². The lowest BCUT2D eigenvalue weighted by Gasteiger charge is -2.48. The van der Waals surface area contributed by atoms with Gasteiger partial charge in [0, 0.05) is 73.1 Å². The molecular weight excluding hydrogens is 488 g/mol. The van der Waals surface area contributed by atoms with Crippen LogP contribution in [-0.4, -0.2) is 72.3 Å². The van der Waals surface area contributed by atoms with E-state index >= 15 is 0 Å². The number of nitrogens with one attached hydrogen (secondary N) is 1. The van der Waals surface area contributed by atoms with Gasteiger partial charge >= 0.3 is 0 Å². The molecule has 10 heteroatoms. The molecule has 0 saturated carbocycles. The largest absolute Gasteiger partial charge is 0.391 e. The molecule has 2 N–H and O–H groups in total. The smallest absolute Gasteiger partial charge is 0.227 e. The van der Waals surface area contributed by atoms with Crippen molar-refractivity contribution in [3.63, 3.8) is 0 Å². The first-order chi connectivity index (χ1) is 17.6. The van der Waals surface area contributed by atoms with E-state index in [4.69, 9.17) is 4.98 Å². The van der Waals surface area contributed by atoms with Gasteiger partial charge in [0.05, 0.1) is 17.4 Å². The van der Waals surface area contributed by atoms with Crippen LogP contribution in [0.3, 0.4) is 0 Å². The van der Waals surface area contributed by atoms with Gasteiger partial charge in [-0.25, -0.2) is 23.4 Å². The minimum absolute atomic E-state index is 0.124. The van der Waals surface area contributed by atoms with Gasteiger partial charge in [0.25, 0.3) is 0 Å². The van der Waals surface area contributed by atoms with Crippen LogP contribution in [0.1, 0.15) is 45.1 Å². The van der Waals surface area contributed by atoms with E-state index in [9.17, 15) is 13.5 Å². The number of fused-ring (bicyclic) bond motifs is 1. The summed E-state index contributed by atoms with van der Waals surface area (Å²) in [5.74, 6) is 1.95. The molecule has 198 valence electrons. The zero-order chi connectivity index (χ0) is 26.3. The van der Waals surface area contributed by atoms with Crippen molar-refractivity contribution in [3.8, 4) is 0 Å². The van der Waals surface area contributed by atoms with Gasteiger partial charge in [-0.2, -0.15) is 0 Å². The monoisotopic (exact) mass is 524 g/mol. The molecule has 0 unspecified atom stereocenters. The van der Waals surface area contributed by atoms with Gasteiger partial charge in [-0.3, -0.25) is 0 Å². The van der Waals surface area contributed by atoms with Crippen LogP contribution in [0.15, 0.2) is 36.7 Å². The van der Waals surface area contributed by atoms with Crippen molar-refractivity contribution in [1.82, 2.24) is 15.0 Å². The van der Waals surface area contributed by atoms with E-state index < -0.39 is 9.84 Å². The van der Waals surface area contributed by atoms with Crippen molar-refractivity contribution in [3.05, 3.63) is 42.2 Å². The number of piperidine rings is 1. The number of aromatic nitrogens is 3. The van der Waals surface area contributed by atoms with Crippen molar-refractivity contribution in [1.29, 1.82) is 0 Å². The second kappa shape index (κ2) is 10.1. The predicted molar refractivity (Wildman–Crippen MR) is 149 cm³/mol. The summed E-state index contributed by atoms with van der Waals surface area (Å²) in [5.41, 5.74) is 3.92. The summed E-state index contributed by atoms with van der Waals surface area (Å²) in [7, 11) is -3.01. The molecule has 0 spiro atoms. The van der Waals surface area contributed by atoms with E-state index in [1.165, 1.54) is 6.26 Å². The Morgan fingerprint density at radius 3 is 2.70 bits per heavy atom. The van der Waals surface area contributed by atoms with Gasteiger partial charge in [-0.15, -0.1) is 0 Å². The number of hydrogen-bond acceptors (Lipinski definition) is 9. The Bertz CT molecular complexity index is 1400. The maximum Gasteiger partial charge on any atom is 0.227 e. The van der Waals surface area contributed by atoms with E-state index in [0.29, 0.717) is 19.0 Å². The summed E-state index contributed by atoms with van der Waals surface area (Å²) in [6.07, 6.45) is 6.38. The Hall–Kier alpha value is -2.98. The predicted octanol–water partition coefficient (Wildman–Crippen LogP) is 3.72. The lowest BCUT2D eigenvalue weighted by Crippen LogP contribution is -2.57. The number of nitrogens with zero attached hydrogens (tertiary/aromatic N) is 5. The molecule has 0 amide bonds. The average molecular weight is 525 g/mol. The molecule has 2 aliphatic heterocycles. The van der Waals surface area contributed by atoms with E-state index in [2.05, 4.69) is 58.0 Å². The quantitative estimate of drug-likeness (QED) is 0.478. The average Bonchev–Trinajstić information content (AvgIpc) is 2.85. The molecule has 2 saturated heterocycles. The molecule has 5 rings (SSSR count). The second-order valence-electron chi connectivity index (χ2n) is 10.8. The standard InChI is InChI=1S/C27H36N6O3S/c1-17(2)22-7-8-24(33-14-19(18(33)3)16-37(4,35)36)23-13-29-27(31-26(22)23)30-20-9-10-28-25(12-20)32-11-5-6-21(34)15-32/h7-10,12-13,17-19,21,34H,5-6,11,14-16H2,1-4H3,(H,28,29,30,31)/t18-,19-,21+/m1/s1. The highest BCUT2D eigenvalue weighted by molar-refractivity contribution is 7.90. The van der Waals surface area contributed by atoms with Crippen LogP contribution in [0.5, 0.6) is 0 Å². The molecule has 3 aromatic rings. The third-order valence-corrected chi connectivity index (χ3v) is 8.57. The number of aliphatic hydroxyl groups is 1. The van der Waals surface area contributed by atoms with Gasteiger partial charge in [0.2, 0.25) is 5.95 Å². The Morgan fingerprint density at radius 1 is 1.19 bits per heavy atom. The molecule has 1 aromatic carbocycles. The molecule has 0 bridgehead atoms. The molecule has 2 fully saturated rings. The fraction of sp³-hybridized carbons (Fsp3) is 0.519. The molecule has 2 aliphatic rings. The Balaban J connectivity index is 1.42. The third-order valence-electron chi connectivity index (χ3n) is 7.53. The van der Waals surface area contributed by atoms with Crippen molar-refractivity contribution >= 4 is 43.9 Å². The molecular formula is C27H36N6O3S. The molecule has 4 heterocycles. The van der Waals surface area contributed by atoms with Crippen LogP contribution in [0.4, 0.5) is 23.1 Å². The third kappa shape index (κ3) is 5.50. The summed E-state index contributed by atoms with van der Waals surface area (Å²) in [6, 6.07) is 8.23. The van der Waals surface area contributed by atoms with Crippen LogP contribution in [0.25, 0.3) is 10.9 Å². The van der Waals surface area contributed by atoms with Gasteiger partial charge in [-0.05, 0) is 43.4 Å². The number of sulfone groups is 1. The van der Waals surface area contributed by atoms with E-state index in [-0.39, 0.29) is 29.7 Å². The zero-order valence-electron chi connectivity index (χ0n) is 21.9. The molecule has 37 heavy (non-hydrogen) atoms. The first-order valence-electron chi connectivity index (χ1n) is 13.0. The highest BCUT2D eigenvalue weighted by Gasteiger charge is 2.38. The van der Waals surface area contributed by atoms with Crippen molar-refractivity contribution in [2.24, 2.45) is 5.92 Å². The SMILES string of the molecule is CC(C)c1ccc(N2C[C@H](CS(C)(=O)=O)[C@H]2C)c2cnc(Nc3ccnc(N4CCC[C@H](O)C4)c3)nc12. The maximum absolute atomic E-state index is 11.8. The number of hydrogen-bond donors (Lipinski definition) is 2. The minimum atomic E-state index is -3.01. The number of rotatable bonds is 7. The van der Waals surface area contributed by atoms with E-state index in [1.807, 2.05) is 18.3 Å². The first kappa shape index (κ1) is 25.7. The second-order valence-corrected chi connectivity index (χ2v) is 13.0. The van der Waals surface area contributed by atoms with Gasteiger partial charge in [0.1, 0.15) is 15.7 Å². The zero-order valence-corrected chi connectivity index (χ0v) is 22.7. The lowest BCUT2D eigenvalue weighted by molar-refractivity contribution is 0.154. The fourth-order valence-corrected chi connectivity index (χ4v) is 6.61. The highest BCUT2D eigenvalue weighted by atomic mass is 32.2. The maximum atomic E-state index is 11.8. The van der Waals surface area contributed by atoms with Gasteiger partial charge in [0.15, 0.2) is 0 Å². The van der Waals surface area contributed by atoms with Crippen molar-refractivity contribution in [2.75, 3.05) is 46.8 Å². The topological polar surface area (TPSA) is 112 Å². The number of aliphatic hydroxyl groups excluding tert-OH is 1. The first-order valence-corrected chi connectivity index (χ1v) is 15.0. The summed E-state index contributed by atoms with van der Waals surface area (Å²) >= 11 is 0. The summed E-state index contributed by atoms with van der Waals surface area (Å²) in [5, 5.41) is 14.4. The molecule has 2 aromatic heterocycles. The minimum Gasteiger partial charge on any atom is -0.391 e. The highest BCUT2D eigenvalue weighted by Crippen LogP contribution is 2.38. The summed E-state index contributed by atoms with van der Waals surface area (Å²) in [6.45, 7) is 8.56. The molecule has 3 atom stereocenters. The van der Waals surface area contributed by atoms with Gasteiger partial charge in [-0.1, -0.05) is 19.9 Å². The van der Waals surface area contributed by atoms with Crippen molar-refractivity contribution in [2.45, 2.75) is 51.7 Å². The van der Waals surface area contributed by atoms with Crippen molar-refractivity contribution < 1.29 is 13.5 Å². The van der Waals surface area contributed by atoms with Gasteiger partial charge < -0.3 is 20.2 Å². The number of anilines is 4. The number of β-amino-alcohol motifs (C(OH)–C–C–N with tert-alkyl or cyclic N) is 1. The Kier molecular flexibility index (Phi) is 6.97. The molecule has 9 nitrogen and oxygen atoms in total. The van der Waals surface area contributed by atoms with E-state index in [1.54, 1.807) is 6.20 Å². The summed E-state index contributed by atoms with van der Waals surface area (Å²) < 4.78 is 23.6. The van der Waals surface area contributed by atoms with Crippen LogP contribution in [0.2, 0.25) is 0 Å². The normalized spacial score (nSPS) is 22.4. The lowest BCUT2D eigenvalue weighted by atomic mass is 9.89. The Labute approximate surface area is 218 Å². The van der Waals surface area contributed by atoms with Crippen LogP contribution >= 0.6 is 0 Å². The Morgan fingerprint density at radius 2 is 2.00 bits per heavy atom.